The molecule has 0 radical (unpaired) electrons. The van der Waals surface area contributed by atoms with E-state index in [0.29, 0.717) is 5.92 Å². The Balaban J connectivity index is 1.87. The molecule has 1 saturated carbocycles. The Kier molecular flexibility index (Phi) is 4.56. The Morgan fingerprint density at radius 2 is 1.79 bits per heavy atom. The molecule has 0 atom stereocenters. The first-order valence-electron chi connectivity index (χ1n) is 6.36. The van der Waals surface area contributed by atoms with Gasteiger partial charge in [-0.05, 0) is 24.3 Å². The van der Waals surface area contributed by atoms with Gasteiger partial charge in [-0.15, -0.1) is 0 Å². The summed E-state index contributed by atoms with van der Waals surface area (Å²) in [5.41, 5.74) is 1.27. The van der Waals surface area contributed by atoms with Gasteiger partial charge in [0, 0.05) is 20.1 Å². The summed E-state index contributed by atoms with van der Waals surface area (Å²) in [6.45, 7) is 0. The molecule has 19 heavy (non-hydrogen) atoms. The van der Waals surface area contributed by atoms with Crippen LogP contribution < -0.4 is 0 Å². The third kappa shape index (κ3) is 3.33. The van der Waals surface area contributed by atoms with Crippen LogP contribution >= 0.6 is 7.60 Å². The van der Waals surface area contributed by atoms with Crippen LogP contribution in [0.1, 0.15) is 24.3 Å². The molecule has 1 aliphatic rings. The molecule has 0 bridgehead atoms. The molecule has 0 heterocycles. The first-order chi connectivity index (χ1) is 9.08. The normalized spacial score (nSPS) is 22.8. The second-order valence-electron chi connectivity index (χ2n) is 4.88. The summed E-state index contributed by atoms with van der Waals surface area (Å²) in [5, 5.41) is 0. The van der Waals surface area contributed by atoms with Crippen LogP contribution in [-0.2, 0) is 18.4 Å². The zero-order chi connectivity index (χ0) is 13.9. The van der Waals surface area contributed by atoms with Crippen molar-refractivity contribution in [1.29, 1.82) is 0 Å². The van der Waals surface area contributed by atoms with Crippen LogP contribution in [0.4, 0.5) is 0 Å². The van der Waals surface area contributed by atoms with Gasteiger partial charge in [-0.1, -0.05) is 30.3 Å². The molecule has 1 aromatic rings. The topological polar surface area (TPSA) is 52.6 Å². The second-order valence-corrected chi connectivity index (χ2v) is 7.14. The minimum Gasteiger partial charge on any atom is -0.312 e. The van der Waals surface area contributed by atoms with Crippen molar-refractivity contribution in [1.82, 2.24) is 0 Å². The first kappa shape index (κ1) is 14.4. The van der Waals surface area contributed by atoms with Gasteiger partial charge >= 0.3 is 7.60 Å². The summed E-state index contributed by atoms with van der Waals surface area (Å²) in [5.74, 6) is 0.419. The molecule has 0 N–H and O–H groups in total. The fourth-order valence-electron chi connectivity index (χ4n) is 2.40. The van der Waals surface area contributed by atoms with Crippen molar-refractivity contribution in [2.24, 2.45) is 5.92 Å². The SMILES string of the molecule is COP(=O)(CC(=O)[C@H]1C[C@@H](c2ccccc2)C1)OC. The van der Waals surface area contributed by atoms with Gasteiger partial charge in [0.15, 0.2) is 0 Å². The third-order valence-corrected chi connectivity index (χ3v) is 5.58. The van der Waals surface area contributed by atoms with Crippen molar-refractivity contribution in [3.63, 3.8) is 0 Å². The number of ketones is 1. The molecule has 1 aromatic carbocycles. The predicted molar refractivity (Wildman–Crippen MR) is 73.4 cm³/mol. The van der Waals surface area contributed by atoms with Gasteiger partial charge in [-0.25, -0.2) is 0 Å². The fraction of sp³-hybridized carbons (Fsp3) is 0.500. The zero-order valence-electron chi connectivity index (χ0n) is 11.2. The summed E-state index contributed by atoms with van der Waals surface area (Å²) < 4.78 is 21.5. The van der Waals surface area contributed by atoms with Crippen molar-refractivity contribution in [2.45, 2.75) is 18.8 Å². The van der Waals surface area contributed by atoms with Gasteiger partial charge in [0.1, 0.15) is 11.9 Å². The molecule has 104 valence electrons. The van der Waals surface area contributed by atoms with Crippen LogP contribution in [0.25, 0.3) is 0 Å². The molecule has 2 rings (SSSR count). The van der Waals surface area contributed by atoms with E-state index < -0.39 is 7.60 Å². The van der Waals surface area contributed by atoms with Crippen molar-refractivity contribution < 1.29 is 18.4 Å². The van der Waals surface area contributed by atoms with E-state index >= 15 is 0 Å². The fourth-order valence-corrected chi connectivity index (χ4v) is 3.45. The Morgan fingerprint density at radius 1 is 1.21 bits per heavy atom. The molecule has 0 aliphatic heterocycles. The van der Waals surface area contributed by atoms with E-state index in [1.54, 1.807) is 0 Å². The van der Waals surface area contributed by atoms with Crippen LogP contribution in [0.3, 0.4) is 0 Å². The van der Waals surface area contributed by atoms with Gasteiger partial charge in [-0.2, -0.15) is 0 Å². The monoisotopic (exact) mass is 282 g/mol. The molecule has 1 aliphatic carbocycles. The van der Waals surface area contributed by atoms with E-state index in [2.05, 4.69) is 12.1 Å². The summed E-state index contributed by atoms with van der Waals surface area (Å²) in [6.07, 6.45) is 1.54. The molecule has 4 nitrogen and oxygen atoms in total. The Bertz CT molecular complexity index is 471. The average molecular weight is 282 g/mol. The number of carbonyl (C=O) groups is 1. The minimum atomic E-state index is -3.21. The number of rotatable bonds is 6. The van der Waals surface area contributed by atoms with Gasteiger partial charge in [-0.3, -0.25) is 9.36 Å². The molecular formula is C14H19O4P. The first-order valence-corrected chi connectivity index (χ1v) is 8.09. The Labute approximate surface area is 113 Å². The molecule has 0 aromatic heterocycles. The predicted octanol–water partition coefficient (Wildman–Crippen LogP) is 3.24. The third-order valence-electron chi connectivity index (χ3n) is 3.77. The van der Waals surface area contributed by atoms with Crippen LogP contribution in [-0.4, -0.2) is 26.2 Å². The minimum absolute atomic E-state index is 0.0103. The summed E-state index contributed by atoms with van der Waals surface area (Å²) in [6, 6.07) is 10.2. The molecule has 1 fully saturated rings. The van der Waals surface area contributed by atoms with E-state index in [0.717, 1.165) is 12.8 Å². The van der Waals surface area contributed by atoms with Gasteiger partial charge in [0.25, 0.3) is 0 Å². The van der Waals surface area contributed by atoms with E-state index in [4.69, 9.17) is 9.05 Å². The van der Waals surface area contributed by atoms with Crippen molar-refractivity contribution in [3.8, 4) is 0 Å². The number of Topliss-reactive ketones (excluding diaryl/α,β-unsaturated/α-hetero) is 1. The number of benzene rings is 1. The molecule has 0 saturated heterocycles. The number of carbonyl (C=O) groups excluding carboxylic acids is 1. The smallest absolute Gasteiger partial charge is 0.312 e. The van der Waals surface area contributed by atoms with E-state index in [1.165, 1.54) is 19.8 Å². The molecular weight excluding hydrogens is 263 g/mol. The van der Waals surface area contributed by atoms with Crippen molar-refractivity contribution >= 4 is 13.4 Å². The van der Waals surface area contributed by atoms with Gasteiger partial charge in [0.2, 0.25) is 0 Å². The number of hydrogen-bond donors (Lipinski definition) is 0. The standard InChI is InChI=1S/C14H19O4P/c1-17-19(16,18-2)10-14(15)13-8-12(9-13)11-6-4-3-5-7-11/h3-7,12-13H,8-10H2,1-2H3/t12-,13+. The maximum absolute atomic E-state index is 12.0. The molecule has 0 spiro atoms. The van der Waals surface area contributed by atoms with Crippen LogP contribution in [0.2, 0.25) is 0 Å². The van der Waals surface area contributed by atoms with E-state index in [9.17, 15) is 9.36 Å². The Hall–Kier alpha value is -0.960. The highest BCUT2D eigenvalue weighted by Crippen LogP contribution is 2.49. The maximum Gasteiger partial charge on any atom is 0.337 e. The highest BCUT2D eigenvalue weighted by atomic mass is 31.2. The summed E-state index contributed by atoms with van der Waals surface area (Å²) in [7, 11) is -0.590. The summed E-state index contributed by atoms with van der Waals surface area (Å²) in [4.78, 5) is 12.0. The summed E-state index contributed by atoms with van der Waals surface area (Å²) >= 11 is 0. The molecule has 0 amide bonds. The average Bonchev–Trinajstić information content (AvgIpc) is 2.38. The zero-order valence-corrected chi connectivity index (χ0v) is 12.1. The lowest BCUT2D eigenvalue weighted by atomic mass is 9.70. The lowest BCUT2D eigenvalue weighted by Crippen LogP contribution is -2.31. The van der Waals surface area contributed by atoms with Crippen LogP contribution in [0.5, 0.6) is 0 Å². The van der Waals surface area contributed by atoms with E-state index in [1.807, 2.05) is 18.2 Å². The largest absolute Gasteiger partial charge is 0.337 e. The van der Waals surface area contributed by atoms with Crippen LogP contribution in [0, 0.1) is 5.92 Å². The lowest BCUT2D eigenvalue weighted by molar-refractivity contribution is -0.123. The lowest BCUT2D eigenvalue weighted by Gasteiger charge is -2.35. The van der Waals surface area contributed by atoms with Crippen molar-refractivity contribution in [2.75, 3.05) is 20.4 Å². The van der Waals surface area contributed by atoms with E-state index in [-0.39, 0.29) is 17.9 Å². The molecule has 5 heteroatoms. The quantitative estimate of drug-likeness (QED) is 0.752. The number of hydrogen-bond acceptors (Lipinski definition) is 4. The van der Waals surface area contributed by atoms with Gasteiger partial charge in [0.05, 0.1) is 0 Å². The Morgan fingerprint density at radius 3 is 2.32 bits per heavy atom. The highest BCUT2D eigenvalue weighted by molar-refractivity contribution is 7.54. The molecule has 0 unspecified atom stereocenters. The second kappa shape index (κ2) is 6.00. The van der Waals surface area contributed by atoms with Crippen LogP contribution in [0.15, 0.2) is 30.3 Å². The van der Waals surface area contributed by atoms with Crippen molar-refractivity contribution in [3.05, 3.63) is 35.9 Å². The highest BCUT2D eigenvalue weighted by Gasteiger charge is 2.38. The van der Waals surface area contributed by atoms with Gasteiger partial charge < -0.3 is 9.05 Å². The maximum atomic E-state index is 12.0.